The molecule has 1 aromatic rings. The summed E-state index contributed by atoms with van der Waals surface area (Å²) in [4.78, 5) is 26.0. The SMILES string of the molecule is Cc1nnc(C(=O)N2CCNC(=O)[C@H]2CC(C)C)s1. The molecular weight excluding hydrogens is 264 g/mol. The minimum absolute atomic E-state index is 0.0745. The summed E-state index contributed by atoms with van der Waals surface area (Å²) < 4.78 is 0. The van der Waals surface area contributed by atoms with Crippen LogP contribution in [-0.4, -0.2) is 46.0 Å². The van der Waals surface area contributed by atoms with E-state index in [1.54, 1.807) is 4.90 Å². The number of aromatic nitrogens is 2. The van der Waals surface area contributed by atoms with Gasteiger partial charge in [-0.2, -0.15) is 0 Å². The number of nitrogens with zero attached hydrogens (tertiary/aromatic N) is 3. The van der Waals surface area contributed by atoms with Gasteiger partial charge in [0, 0.05) is 13.1 Å². The van der Waals surface area contributed by atoms with Crippen LogP contribution in [0.15, 0.2) is 0 Å². The van der Waals surface area contributed by atoms with Gasteiger partial charge >= 0.3 is 0 Å². The van der Waals surface area contributed by atoms with Crippen LogP contribution in [0.3, 0.4) is 0 Å². The molecule has 104 valence electrons. The number of amides is 2. The molecule has 0 spiro atoms. The van der Waals surface area contributed by atoms with E-state index in [-0.39, 0.29) is 11.8 Å². The van der Waals surface area contributed by atoms with Crippen molar-refractivity contribution in [2.24, 2.45) is 5.92 Å². The van der Waals surface area contributed by atoms with Crippen molar-refractivity contribution >= 4 is 23.2 Å². The molecule has 2 rings (SSSR count). The molecule has 1 aliphatic heterocycles. The monoisotopic (exact) mass is 282 g/mol. The maximum atomic E-state index is 12.4. The molecule has 0 radical (unpaired) electrons. The van der Waals surface area contributed by atoms with Gasteiger partial charge in [-0.3, -0.25) is 9.59 Å². The Hall–Kier alpha value is -1.50. The average molecular weight is 282 g/mol. The molecule has 7 heteroatoms. The Labute approximate surface area is 116 Å². The Balaban J connectivity index is 2.19. The lowest BCUT2D eigenvalue weighted by Crippen LogP contribution is -2.57. The van der Waals surface area contributed by atoms with Crippen molar-refractivity contribution in [2.75, 3.05) is 13.1 Å². The Morgan fingerprint density at radius 3 is 2.84 bits per heavy atom. The van der Waals surface area contributed by atoms with Crippen LogP contribution in [0.5, 0.6) is 0 Å². The lowest BCUT2D eigenvalue weighted by molar-refractivity contribution is -0.128. The summed E-state index contributed by atoms with van der Waals surface area (Å²) in [5.74, 6) is 0.0842. The number of piperazine rings is 1. The third kappa shape index (κ3) is 3.09. The van der Waals surface area contributed by atoms with Gasteiger partial charge in [0.1, 0.15) is 11.0 Å². The zero-order chi connectivity index (χ0) is 14.0. The second-order valence-electron chi connectivity index (χ2n) is 5.06. The Morgan fingerprint density at radius 1 is 1.53 bits per heavy atom. The summed E-state index contributed by atoms with van der Waals surface area (Å²) in [6, 6.07) is -0.398. The summed E-state index contributed by atoms with van der Waals surface area (Å²) in [6.45, 7) is 6.92. The van der Waals surface area contributed by atoms with Crippen molar-refractivity contribution in [1.82, 2.24) is 20.4 Å². The van der Waals surface area contributed by atoms with Gasteiger partial charge in [0.05, 0.1) is 0 Å². The van der Waals surface area contributed by atoms with Gasteiger partial charge in [-0.15, -0.1) is 10.2 Å². The van der Waals surface area contributed by atoms with Crippen molar-refractivity contribution in [2.45, 2.75) is 33.2 Å². The lowest BCUT2D eigenvalue weighted by atomic mass is 10.00. The average Bonchev–Trinajstić information content (AvgIpc) is 2.77. The number of rotatable bonds is 3. The van der Waals surface area contributed by atoms with E-state index in [0.717, 1.165) is 5.01 Å². The Morgan fingerprint density at radius 2 is 2.26 bits per heavy atom. The number of carbonyl (C=O) groups excluding carboxylic acids is 2. The van der Waals surface area contributed by atoms with Crippen LogP contribution < -0.4 is 5.32 Å². The maximum absolute atomic E-state index is 12.4. The van der Waals surface area contributed by atoms with Crippen molar-refractivity contribution in [3.8, 4) is 0 Å². The zero-order valence-corrected chi connectivity index (χ0v) is 12.2. The number of hydrogen-bond donors (Lipinski definition) is 1. The molecule has 1 N–H and O–H groups in total. The van der Waals surface area contributed by atoms with E-state index in [0.29, 0.717) is 30.4 Å². The van der Waals surface area contributed by atoms with Gasteiger partial charge in [0.15, 0.2) is 0 Å². The number of nitrogens with one attached hydrogen (secondary N) is 1. The Bertz CT molecular complexity index is 486. The summed E-state index contributed by atoms with van der Waals surface area (Å²) in [6.07, 6.45) is 0.662. The number of carbonyl (C=O) groups is 2. The molecule has 0 aliphatic carbocycles. The first-order valence-corrected chi connectivity index (χ1v) is 7.19. The topological polar surface area (TPSA) is 75.2 Å². The predicted molar refractivity (Wildman–Crippen MR) is 71.9 cm³/mol. The first kappa shape index (κ1) is 13.9. The normalized spacial score (nSPS) is 19.7. The van der Waals surface area contributed by atoms with Crippen LogP contribution in [0.2, 0.25) is 0 Å². The second kappa shape index (κ2) is 5.64. The van der Waals surface area contributed by atoms with Crippen LogP contribution in [0.25, 0.3) is 0 Å². The van der Waals surface area contributed by atoms with Crippen molar-refractivity contribution in [3.05, 3.63) is 10.0 Å². The van der Waals surface area contributed by atoms with Gasteiger partial charge in [-0.05, 0) is 19.3 Å². The molecule has 0 saturated carbocycles. The molecule has 1 aromatic heterocycles. The highest BCUT2D eigenvalue weighted by Gasteiger charge is 2.35. The van der Waals surface area contributed by atoms with Gasteiger partial charge in [0.25, 0.3) is 5.91 Å². The highest BCUT2D eigenvalue weighted by atomic mass is 32.1. The van der Waals surface area contributed by atoms with Crippen LogP contribution in [0, 0.1) is 12.8 Å². The van der Waals surface area contributed by atoms with Gasteiger partial charge in [-0.1, -0.05) is 25.2 Å². The van der Waals surface area contributed by atoms with Crippen LogP contribution in [0.1, 0.15) is 35.1 Å². The molecule has 0 bridgehead atoms. The molecule has 0 aromatic carbocycles. The van der Waals surface area contributed by atoms with Crippen molar-refractivity contribution in [1.29, 1.82) is 0 Å². The van der Waals surface area contributed by atoms with E-state index in [4.69, 9.17) is 0 Å². The molecule has 19 heavy (non-hydrogen) atoms. The van der Waals surface area contributed by atoms with Crippen molar-refractivity contribution in [3.63, 3.8) is 0 Å². The highest BCUT2D eigenvalue weighted by molar-refractivity contribution is 7.13. The van der Waals surface area contributed by atoms with Crippen molar-refractivity contribution < 1.29 is 9.59 Å². The number of aryl methyl sites for hydroxylation is 1. The van der Waals surface area contributed by atoms with E-state index in [2.05, 4.69) is 15.5 Å². The molecule has 6 nitrogen and oxygen atoms in total. The summed E-state index contributed by atoms with van der Waals surface area (Å²) >= 11 is 1.27. The minimum Gasteiger partial charge on any atom is -0.353 e. The third-order valence-electron chi connectivity index (χ3n) is 3.00. The fourth-order valence-corrected chi connectivity index (χ4v) is 2.79. The minimum atomic E-state index is -0.398. The maximum Gasteiger partial charge on any atom is 0.285 e. The standard InChI is InChI=1S/C12H18N4O2S/c1-7(2)6-9-10(17)13-4-5-16(9)12(18)11-15-14-8(3)19-11/h7,9H,4-6H2,1-3H3,(H,13,17)/t9-/m1/s1. The van der Waals surface area contributed by atoms with Gasteiger partial charge in [-0.25, -0.2) is 0 Å². The molecular formula is C12H18N4O2S. The first-order chi connectivity index (χ1) is 8.99. The molecule has 1 atom stereocenters. The summed E-state index contributed by atoms with van der Waals surface area (Å²) in [5.41, 5.74) is 0. The van der Waals surface area contributed by atoms with E-state index in [1.807, 2.05) is 20.8 Å². The van der Waals surface area contributed by atoms with Gasteiger partial charge in [0.2, 0.25) is 10.9 Å². The summed E-state index contributed by atoms with van der Waals surface area (Å²) in [7, 11) is 0. The molecule has 2 heterocycles. The van der Waals surface area contributed by atoms with E-state index in [1.165, 1.54) is 11.3 Å². The fraction of sp³-hybridized carbons (Fsp3) is 0.667. The molecule has 2 amide bonds. The second-order valence-corrected chi connectivity index (χ2v) is 6.24. The third-order valence-corrected chi connectivity index (χ3v) is 3.82. The summed E-state index contributed by atoms with van der Waals surface area (Å²) in [5, 5.41) is 11.7. The zero-order valence-electron chi connectivity index (χ0n) is 11.3. The van der Waals surface area contributed by atoms with E-state index in [9.17, 15) is 9.59 Å². The Kier molecular flexibility index (Phi) is 4.14. The van der Waals surface area contributed by atoms with E-state index < -0.39 is 6.04 Å². The molecule has 0 unspecified atom stereocenters. The van der Waals surface area contributed by atoms with Crippen LogP contribution >= 0.6 is 11.3 Å². The fourth-order valence-electron chi connectivity index (χ4n) is 2.14. The van der Waals surface area contributed by atoms with Crippen LogP contribution in [0.4, 0.5) is 0 Å². The lowest BCUT2D eigenvalue weighted by Gasteiger charge is -2.35. The highest BCUT2D eigenvalue weighted by Crippen LogP contribution is 2.19. The van der Waals surface area contributed by atoms with Crippen LogP contribution in [-0.2, 0) is 4.79 Å². The number of hydrogen-bond acceptors (Lipinski definition) is 5. The predicted octanol–water partition coefficient (Wildman–Crippen LogP) is 0.833. The molecule has 1 aliphatic rings. The largest absolute Gasteiger partial charge is 0.353 e. The van der Waals surface area contributed by atoms with Gasteiger partial charge < -0.3 is 10.2 Å². The first-order valence-electron chi connectivity index (χ1n) is 6.38. The smallest absolute Gasteiger partial charge is 0.285 e. The molecule has 1 fully saturated rings. The van der Waals surface area contributed by atoms with E-state index >= 15 is 0 Å². The molecule has 1 saturated heterocycles. The quantitative estimate of drug-likeness (QED) is 0.891.